The largest absolute Gasteiger partial charge is 0.337 e. The Morgan fingerprint density at radius 2 is 1.82 bits per heavy atom. The lowest BCUT2D eigenvalue weighted by atomic mass is 9.98. The van der Waals surface area contributed by atoms with Crippen molar-refractivity contribution in [1.29, 1.82) is 0 Å². The molecule has 8 heteroatoms. The zero-order valence-electron chi connectivity index (χ0n) is 19.6. The maximum absolute atomic E-state index is 13.3. The van der Waals surface area contributed by atoms with Crippen LogP contribution in [-0.4, -0.2) is 44.3 Å². The second-order valence-corrected chi connectivity index (χ2v) is 10.9. The fourth-order valence-corrected chi connectivity index (χ4v) is 5.79. The number of benzene rings is 2. The van der Waals surface area contributed by atoms with Crippen LogP contribution in [0, 0.1) is 5.92 Å². The van der Waals surface area contributed by atoms with E-state index in [-0.39, 0.29) is 22.6 Å². The normalized spacial score (nSPS) is 17.4. The van der Waals surface area contributed by atoms with Gasteiger partial charge in [0.2, 0.25) is 21.8 Å². The first-order valence-electron chi connectivity index (χ1n) is 11.7. The SMILES string of the molecule is CC(C)[C@@H](NS(=O)(=O)c1ccc2c(c1)CCCC(=O)N2)C(=O)N1CC=C(c2ccccc2)CC1. The molecule has 2 aromatic carbocycles. The minimum absolute atomic E-state index is 0.0658. The smallest absolute Gasteiger partial charge is 0.241 e. The number of fused-ring (bicyclic) bond motifs is 1. The van der Waals surface area contributed by atoms with Crippen molar-refractivity contribution in [2.45, 2.75) is 50.5 Å². The van der Waals surface area contributed by atoms with Gasteiger partial charge in [-0.2, -0.15) is 4.72 Å². The average molecular weight is 482 g/mol. The molecule has 0 fully saturated rings. The summed E-state index contributed by atoms with van der Waals surface area (Å²) in [5.41, 5.74) is 3.78. The lowest BCUT2D eigenvalue weighted by Crippen LogP contribution is -2.52. The van der Waals surface area contributed by atoms with Gasteiger partial charge in [0.1, 0.15) is 6.04 Å². The number of carbonyl (C=O) groups excluding carboxylic acids is 2. The van der Waals surface area contributed by atoms with E-state index in [1.54, 1.807) is 17.0 Å². The summed E-state index contributed by atoms with van der Waals surface area (Å²) in [4.78, 5) is 26.9. The molecular formula is C26H31N3O4S. The Morgan fingerprint density at radius 1 is 1.06 bits per heavy atom. The van der Waals surface area contributed by atoms with Crippen LogP contribution in [0.25, 0.3) is 5.57 Å². The summed E-state index contributed by atoms with van der Waals surface area (Å²) in [5.74, 6) is -0.505. The third-order valence-corrected chi connectivity index (χ3v) is 7.83. The molecule has 2 amide bonds. The summed E-state index contributed by atoms with van der Waals surface area (Å²) in [6.07, 6.45) is 4.46. The zero-order valence-corrected chi connectivity index (χ0v) is 20.4. The second kappa shape index (κ2) is 10.1. The monoisotopic (exact) mass is 481 g/mol. The number of rotatable bonds is 6. The molecule has 0 saturated carbocycles. The first-order valence-corrected chi connectivity index (χ1v) is 13.2. The summed E-state index contributed by atoms with van der Waals surface area (Å²) >= 11 is 0. The van der Waals surface area contributed by atoms with Crippen molar-refractivity contribution in [3.63, 3.8) is 0 Å². The van der Waals surface area contributed by atoms with Gasteiger partial charge in [-0.25, -0.2) is 8.42 Å². The van der Waals surface area contributed by atoms with E-state index in [0.717, 1.165) is 17.5 Å². The van der Waals surface area contributed by atoms with E-state index in [0.29, 0.717) is 38.0 Å². The molecule has 0 bridgehead atoms. The predicted molar refractivity (Wildman–Crippen MR) is 133 cm³/mol. The Bertz CT molecular complexity index is 1210. The van der Waals surface area contributed by atoms with Crippen molar-refractivity contribution in [3.05, 3.63) is 65.7 Å². The lowest BCUT2D eigenvalue weighted by molar-refractivity contribution is -0.133. The number of hydrogen-bond donors (Lipinski definition) is 2. The summed E-state index contributed by atoms with van der Waals surface area (Å²) in [6.45, 7) is 4.68. The predicted octanol–water partition coefficient (Wildman–Crippen LogP) is 3.58. The summed E-state index contributed by atoms with van der Waals surface area (Å²) < 4.78 is 29.1. The standard InChI is InChI=1S/C26H31N3O4S/c1-18(2)25(26(31)29-15-13-20(14-16-29)19-7-4-3-5-8-19)28-34(32,33)22-11-12-23-21(17-22)9-6-10-24(30)27-23/h3-5,7-8,11-13,17-18,25,28H,6,9-10,14-16H2,1-2H3,(H,27,30)/t25-/m1/s1. The highest BCUT2D eigenvalue weighted by Gasteiger charge is 2.32. The summed E-state index contributed by atoms with van der Waals surface area (Å²) in [6, 6.07) is 13.9. The third kappa shape index (κ3) is 5.39. The minimum atomic E-state index is -3.93. The Morgan fingerprint density at radius 3 is 2.50 bits per heavy atom. The Labute approximate surface area is 201 Å². The average Bonchev–Trinajstić information content (AvgIpc) is 3.02. The first kappa shape index (κ1) is 24.2. The highest BCUT2D eigenvalue weighted by Crippen LogP contribution is 2.26. The number of aryl methyl sites for hydroxylation is 1. The van der Waals surface area contributed by atoms with Crippen LogP contribution < -0.4 is 10.0 Å². The maximum Gasteiger partial charge on any atom is 0.241 e. The van der Waals surface area contributed by atoms with Gasteiger partial charge in [-0.3, -0.25) is 9.59 Å². The Balaban J connectivity index is 1.50. The highest BCUT2D eigenvalue weighted by atomic mass is 32.2. The highest BCUT2D eigenvalue weighted by molar-refractivity contribution is 7.89. The van der Waals surface area contributed by atoms with E-state index >= 15 is 0 Å². The molecule has 7 nitrogen and oxygen atoms in total. The molecule has 1 atom stereocenters. The number of carbonyl (C=O) groups is 2. The van der Waals surface area contributed by atoms with Crippen molar-refractivity contribution < 1.29 is 18.0 Å². The molecule has 0 unspecified atom stereocenters. The van der Waals surface area contributed by atoms with E-state index < -0.39 is 16.1 Å². The molecule has 2 aliphatic heterocycles. The molecule has 180 valence electrons. The number of nitrogens with one attached hydrogen (secondary N) is 2. The van der Waals surface area contributed by atoms with Gasteiger partial charge in [0.15, 0.2) is 0 Å². The van der Waals surface area contributed by atoms with E-state index in [1.165, 1.54) is 11.6 Å². The van der Waals surface area contributed by atoms with Gasteiger partial charge in [0, 0.05) is 25.2 Å². The number of anilines is 1. The molecular weight excluding hydrogens is 450 g/mol. The van der Waals surface area contributed by atoms with E-state index in [4.69, 9.17) is 0 Å². The van der Waals surface area contributed by atoms with Crippen LogP contribution in [0.15, 0.2) is 59.5 Å². The van der Waals surface area contributed by atoms with Gasteiger partial charge in [-0.1, -0.05) is 50.3 Å². The summed E-state index contributed by atoms with van der Waals surface area (Å²) in [5, 5.41) is 2.82. The van der Waals surface area contributed by atoms with E-state index in [2.05, 4.69) is 22.2 Å². The number of amides is 2. The van der Waals surface area contributed by atoms with Crippen LogP contribution >= 0.6 is 0 Å². The Kier molecular flexibility index (Phi) is 7.19. The van der Waals surface area contributed by atoms with Gasteiger partial charge in [-0.15, -0.1) is 0 Å². The third-order valence-electron chi connectivity index (χ3n) is 6.39. The van der Waals surface area contributed by atoms with Crippen LogP contribution in [0.2, 0.25) is 0 Å². The molecule has 0 aromatic heterocycles. The molecule has 2 aliphatic rings. The summed E-state index contributed by atoms with van der Waals surface area (Å²) in [7, 11) is -3.93. The molecule has 2 aromatic rings. The van der Waals surface area contributed by atoms with Crippen LogP contribution in [0.5, 0.6) is 0 Å². The minimum Gasteiger partial charge on any atom is -0.337 e. The van der Waals surface area contributed by atoms with Crippen molar-refractivity contribution in [1.82, 2.24) is 9.62 Å². The fraction of sp³-hybridized carbons (Fsp3) is 0.385. The first-order chi connectivity index (χ1) is 16.2. The van der Waals surface area contributed by atoms with Crippen LogP contribution in [0.1, 0.15) is 44.2 Å². The number of sulfonamides is 1. The molecule has 0 aliphatic carbocycles. The van der Waals surface area contributed by atoms with E-state index in [9.17, 15) is 18.0 Å². The molecule has 4 rings (SSSR count). The van der Waals surface area contributed by atoms with Crippen LogP contribution in [0.3, 0.4) is 0 Å². The van der Waals surface area contributed by atoms with Crippen molar-refractivity contribution >= 4 is 33.1 Å². The lowest BCUT2D eigenvalue weighted by Gasteiger charge is -2.32. The van der Waals surface area contributed by atoms with Gasteiger partial charge in [0.05, 0.1) is 4.90 Å². The molecule has 34 heavy (non-hydrogen) atoms. The molecule has 0 spiro atoms. The molecule has 2 heterocycles. The van der Waals surface area contributed by atoms with Gasteiger partial charge < -0.3 is 10.2 Å². The molecule has 0 saturated heterocycles. The van der Waals surface area contributed by atoms with Crippen molar-refractivity contribution in [2.75, 3.05) is 18.4 Å². The molecule has 0 radical (unpaired) electrons. The van der Waals surface area contributed by atoms with Crippen molar-refractivity contribution in [2.24, 2.45) is 5.92 Å². The maximum atomic E-state index is 13.3. The van der Waals surface area contributed by atoms with E-state index in [1.807, 2.05) is 38.1 Å². The van der Waals surface area contributed by atoms with Gasteiger partial charge in [-0.05, 0) is 60.1 Å². The number of hydrogen-bond acceptors (Lipinski definition) is 4. The zero-order chi connectivity index (χ0) is 24.3. The molecule has 2 N–H and O–H groups in total. The quantitative estimate of drug-likeness (QED) is 0.659. The van der Waals surface area contributed by atoms with Gasteiger partial charge in [0.25, 0.3) is 0 Å². The second-order valence-electron chi connectivity index (χ2n) is 9.19. The topological polar surface area (TPSA) is 95.6 Å². The van der Waals surface area contributed by atoms with Gasteiger partial charge >= 0.3 is 0 Å². The Hall–Kier alpha value is -2.97. The van der Waals surface area contributed by atoms with Crippen LogP contribution in [0.4, 0.5) is 5.69 Å². The van der Waals surface area contributed by atoms with Crippen LogP contribution in [-0.2, 0) is 26.0 Å². The fourth-order valence-electron chi connectivity index (χ4n) is 4.41. The number of nitrogens with zero attached hydrogens (tertiary/aromatic N) is 1. The van der Waals surface area contributed by atoms with Crippen molar-refractivity contribution in [3.8, 4) is 0 Å².